The number of ether oxygens (including phenoxy) is 1. The Bertz CT molecular complexity index is 307. The lowest BCUT2D eigenvalue weighted by Gasteiger charge is -2.27. The maximum atomic E-state index is 6.14. The third-order valence-corrected chi connectivity index (χ3v) is 2.39. The summed E-state index contributed by atoms with van der Waals surface area (Å²) < 4.78 is 5.16. The standard InChI is InChI=1S/C12H19NO.ClH/c1-12(2,3)11(13)9-6-5-7-10(8-9)14-4;/h5-8,11H,13H2,1-4H3;1H/t11-;/m0./s1. The van der Waals surface area contributed by atoms with Crippen LogP contribution in [0, 0.1) is 5.41 Å². The molecule has 0 radical (unpaired) electrons. The first-order chi connectivity index (χ1) is 6.45. The molecule has 0 amide bonds. The maximum absolute atomic E-state index is 6.14. The van der Waals surface area contributed by atoms with E-state index in [1.807, 2.05) is 24.3 Å². The van der Waals surface area contributed by atoms with E-state index < -0.39 is 0 Å². The molecule has 15 heavy (non-hydrogen) atoms. The van der Waals surface area contributed by atoms with E-state index in [1.54, 1.807) is 7.11 Å². The Morgan fingerprint density at radius 3 is 2.33 bits per heavy atom. The lowest BCUT2D eigenvalue weighted by molar-refractivity contribution is 0.325. The summed E-state index contributed by atoms with van der Waals surface area (Å²) in [4.78, 5) is 0. The molecule has 1 atom stereocenters. The van der Waals surface area contributed by atoms with E-state index in [-0.39, 0.29) is 23.9 Å². The van der Waals surface area contributed by atoms with Crippen molar-refractivity contribution in [2.45, 2.75) is 26.8 Å². The first-order valence-corrected chi connectivity index (χ1v) is 4.84. The van der Waals surface area contributed by atoms with Gasteiger partial charge in [0.1, 0.15) is 5.75 Å². The van der Waals surface area contributed by atoms with Crippen LogP contribution < -0.4 is 10.5 Å². The van der Waals surface area contributed by atoms with Gasteiger partial charge in [0.2, 0.25) is 0 Å². The largest absolute Gasteiger partial charge is 0.497 e. The van der Waals surface area contributed by atoms with Gasteiger partial charge in [-0.1, -0.05) is 32.9 Å². The Morgan fingerprint density at radius 1 is 1.27 bits per heavy atom. The Labute approximate surface area is 98.2 Å². The van der Waals surface area contributed by atoms with E-state index in [0.717, 1.165) is 11.3 Å². The van der Waals surface area contributed by atoms with Crippen LogP contribution in [-0.4, -0.2) is 7.11 Å². The van der Waals surface area contributed by atoms with Crippen molar-refractivity contribution in [3.63, 3.8) is 0 Å². The monoisotopic (exact) mass is 229 g/mol. The fourth-order valence-electron chi connectivity index (χ4n) is 1.33. The van der Waals surface area contributed by atoms with E-state index >= 15 is 0 Å². The second-order valence-corrected chi connectivity index (χ2v) is 4.62. The van der Waals surface area contributed by atoms with E-state index in [9.17, 15) is 0 Å². The topological polar surface area (TPSA) is 35.2 Å². The molecule has 0 aliphatic heterocycles. The molecular weight excluding hydrogens is 210 g/mol. The van der Waals surface area contributed by atoms with Gasteiger partial charge in [0, 0.05) is 6.04 Å². The average molecular weight is 230 g/mol. The minimum Gasteiger partial charge on any atom is -0.497 e. The van der Waals surface area contributed by atoms with Gasteiger partial charge in [-0.05, 0) is 23.1 Å². The second-order valence-electron chi connectivity index (χ2n) is 4.62. The third-order valence-electron chi connectivity index (χ3n) is 2.39. The molecule has 0 unspecified atom stereocenters. The van der Waals surface area contributed by atoms with Gasteiger partial charge >= 0.3 is 0 Å². The summed E-state index contributed by atoms with van der Waals surface area (Å²) in [5.74, 6) is 0.863. The predicted octanol–water partition coefficient (Wildman–Crippen LogP) is 3.16. The first kappa shape index (κ1) is 14.3. The number of methoxy groups -OCH3 is 1. The van der Waals surface area contributed by atoms with Gasteiger partial charge in [-0.15, -0.1) is 12.4 Å². The van der Waals surface area contributed by atoms with Crippen molar-refractivity contribution in [1.82, 2.24) is 0 Å². The highest BCUT2D eigenvalue weighted by atomic mass is 35.5. The van der Waals surface area contributed by atoms with E-state index in [4.69, 9.17) is 10.5 Å². The Balaban J connectivity index is 0.00000196. The number of hydrogen-bond acceptors (Lipinski definition) is 2. The number of nitrogens with two attached hydrogens (primary N) is 1. The van der Waals surface area contributed by atoms with Crippen molar-refractivity contribution >= 4 is 12.4 Å². The summed E-state index contributed by atoms with van der Waals surface area (Å²) in [6.07, 6.45) is 0. The van der Waals surface area contributed by atoms with Gasteiger partial charge in [0.25, 0.3) is 0 Å². The normalized spacial score (nSPS) is 12.9. The molecule has 0 aliphatic rings. The van der Waals surface area contributed by atoms with E-state index in [1.165, 1.54) is 0 Å². The summed E-state index contributed by atoms with van der Waals surface area (Å²) in [6, 6.07) is 7.98. The van der Waals surface area contributed by atoms with Crippen LogP contribution >= 0.6 is 12.4 Å². The Morgan fingerprint density at radius 2 is 1.87 bits per heavy atom. The molecule has 86 valence electrons. The predicted molar refractivity (Wildman–Crippen MR) is 66.6 cm³/mol. The summed E-state index contributed by atoms with van der Waals surface area (Å²) in [5.41, 5.74) is 7.34. The molecule has 0 fully saturated rings. The van der Waals surface area contributed by atoms with Crippen molar-refractivity contribution in [1.29, 1.82) is 0 Å². The highest BCUT2D eigenvalue weighted by Gasteiger charge is 2.22. The minimum atomic E-state index is 0. The van der Waals surface area contributed by atoms with Crippen LogP contribution in [0.25, 0.3) is 0 Å². The lowest BCUT2D eigenvalue weighted by atomic mass is 9.83. The molecule has 0 aliphatic carbocycles. The van der Waals surface area contributed by atoms with Crippen LogP contribution in [0.1, 0.15) is 32.4 Å². The molecule has 0 spiro atoms. The van der Waals surface area contributed by atoms with E-state index in [0.29, 0.717) is 0 Å². The average Bonchev–Trinajstić information content (AvgIpc) is 2.15. The summed E-state index contributed by atoms with van der Waals surface area (Å²) in [7, 11) is 1.67. The van der Waals surface area contributed by atoms with Gasteiger partial charge in [-0.25, -0.2) is 0 Å². The van der Waals surface area contributed by atoms with Crippen LogP contribution in [-0.2, 0) is 0 Å². The zero-order valence-electron chi connectivity index (χ0n) is 9.78. The first-order valence-electron chi connectivity index (χ1n) is 4.84. The van der Waals surface area contributed by atoms with Crippen molar-refractivity contribution in [3.05, 3.63) is 29.8 Å². The molecule has 0 bridgehead atoms. The van der Waals surface area contributed by atoms with Crippen LogP contribution in [0.5, 0.6) is 5.75 Å². The zero-order valence-corrected chi connectivity index (χ0v) is 10.6. The summed E-state index contributed by atoms with van der Waals surface area (Å²) >= 11 is 0. The fourth-order valence-corrected chi connectivity index (χ4v) is 1.33. The molecule has 3 heteroatoms. The van der Waals surface area contributed by atoms with Gasteiger partial charge in [0.05, 0.1) is 7.11 Å². The number of halogens is 1. The minimum absolute atomic E-state index is 0. The zero-order chi connectivity index (χ0) is 10.8. The third kappa shape index (κ3) is 3.73. The molecule has 0 saturated heterocycles. The van der Waals surface area contributed by atoms with Gasteiger partial charge in [-0.2, -0.15) is 0 Å². The molecule has 1 aromatic carbocycles. The van der Waals surface area contributed by atoms with Crippen molar-refractivity contribution in [3.8, 4) is 5.75 Å². The molecule has 2 nitrogen and oxygen atoms in total. The Hall–Kier alpha value is -0.730. The fraction of sp³-hybridized carbons (Fsp3) is 0.500. The van der Waals surface area contributed by atoms with Gasteiger partial charge < -0.3 is 10.5 Å². The molecule has 1 aromatic rings. The van der Waals surface area contributed by atoms with Gasteiger partial charge in [0.15, 0.2) is 0 Å². The molecule has 1 rings (SSSR count). The highest BCUT2D eigenvalue weighted by Crippen LogP contribution is 2.31. The number of rotatable bonds is 2. The quantitative estimate of drug-likeness (QED) is 0.846. The van der Waals surface area contributed by atoms with Crippen molar-refractivity contribution in [2.24, 2.45) is 11.1 Å². The second kappa shape index (κ2) is 5.38. The lowest BCUT2D eigenvalue weighted by Crippen LogP contribution is -2.26. The van der Waals surface area contributed by atoms with Crippen molar-refractivity contribution in [2.75, 3.05) is 7.11 Å². The van der Waals surface area contributed by atoms with Crippen molar-refractivity contribution < 1.29 is 4.74 Å². The molecule has 2 N–H and O–H groups in total. The smallest absolute Gasteiger partial charge is 0.119 e. The Kier molecular flexibility index (Phi) is 5.12. The summed E-state index contributed by atoms with van der Waals surface area (Å²) in [6.45, 7) is 6.41. The molecular formula is C12H20ClNO. The number of benzene rings is 1. The van der Waals surface area contributed by atoms with Crippen LogP contribution in [0.15, 0.2) is 24.3 Å². The SMILES string of the molecule is COc1cccc([C@H](N)C(C)(C)C)c1.Cl. The van der Waals surface area contributed by atoms with Crippen LogP contribution in [0.2, 0.25) is 0 Å². The van der Waals surface area contributed by atoms with E-state index in [2.05, 4.69) is 20.8 Å². The molecule has 0 heterocycles. The number of hydrogen-bond donors (Lipinski definition) is 1. The maximum Gasteiger partial charge on any atom is 0.119 e. The van der Waals surface area contributed by atoms with Crippen LogP contribution in [0.4, 0.5) is 0 Å². The van der Waals surface area contributed by atoms with Gasteiger partial charge in [-0.3, -0.25) is 0 Å². The summed E-state index contributed by atoms with van der Waals surface area (Å²) in [5, 5.41) is 0. The van der Waals surface area contributed by atoms with Crippen LogP contribution in [0.3, 0.4) is 0 Å². The molecule has 0 aromatic heterocycles. The molecule has 0 saturated carbocycles. The highest BCUT2D eigenvalue weighted by molar-refractivity contribution is 5.85.